The minimum Gasteiger partial charge on any atom is -0.496 e. The van der Waals surface area contributed by atoms with Crippen LogP contribution >= 0.6 is 0 Å². The summed E-state index contributed by atoms with van der Waals surface area (Å²) in [6.45, 7) is 0.664. The van der Waals surface area contributed by atoms with Crippen LogP contribution in [0.3, 0.4) is 0 Å². The number of carboxylic acids is 1. The van der Waals surface area contributed by atoms with Gasteiger partial charge in [0.1, 0.15) is 12.4 Å². The highest BCUT2D eigenvalue weighted by molar-refractivity contribution is 5.71. The van der Waals surface area contributed by atoms with Gasteiger partial charge in [-0.3, -0.25) is 4.79 Å². The average molecular weight is 369 g/mol. The minimum absolute atomic E-state index is 0.0420. The highest BCUT2D eigenvalue weighted by atomic mass is 16.5. The average Bonchev–Trinajstić information content (AvgIpc) is 2.66. The molecule has 0 fully saturated rings. The van der Waals surface area contributed by atoms with Crippen molar-refractivity contribution in [1.29, 1.82) is 0 Å². The molecule has 6 nitrogen and oxygen atoms in total. The molecule has 0 bridgehead atoms. The number of carbonyl (C=O) groups is 2. The number of ether oxygens (including phenoxy) is 2. The number of carboxylic acid groups (broad SMARTS) is 1. The van der Waals surface area contributed by atoms with Crippen molar-refractivity contribution in [2.24, 2.45) is 0 Å². The smallest absolute Gasteiger partial charge is 0.407 e. The number of methoxy groups -OCH3 is 1. The summed E-state index contributed by atoms with van der Waals surface area (Å²) in [5, 5.41) is 11.6. The number of rotatable bonds is 9. The molecule has 2 aromatic rings. The Labute approximate surface area is 158 Å². The van der Waals surface area contributed by atoms with Gasteiger partial charge in [-0.25, -0.2) is 4.79 Å². The molecule has 2 rings (SSSR count). The fourth-order valence-electron chi connectivity index (χ4n) is 2.44. The van der Waals surface area contributed by atoms with Crippen LogP contribution in [0.1, 0.15) is 23.1 Å². The van der Waals surface area contributed by atoms with Gasteiger partial charge in [0.05, 0.1) is 13.5 Å². The molecule has 0 heterocycles. The first-order valence-electron chi connectivity index (χ1n) is 8.58. The molecule has 0 aromatic heterocycles. The lowest BCUT2D eigenvalue weighted by Crippen LogP contribution is -2.24. The van der Waals surface area contributed by atoms with Crippen molar-refractivity contribution >= 4 is 18.1 Å². The van der Waals surface area contributed by atoms with Crippen LogP contribution in [-0.2, 0) is 22.6 Å². The number of aliphatic carboxylic acids is 1. The summed E-state index contributed by atoms with van der Waals surface area (Å²) >= 11 is 0. The van der Waals surface area contributed by atoms with Gasteiger partial charge in [-0.05, 0) is 29.7 Å². The summed E-state index contributed by atoms with van der Waals surface area (Å²) in [7, 11) is 1.56. The van der Waals surface area contributed by atoms with Crippen LogP contribution in [-0.4, -0.2) is 30.8 Å². The first-order valence-corrected chi connectivity index (χ1v) is 8.58. The number of alkyl carbamates (subject to hydrolysis) is 1. The Morgan fingerprint density at radius 2 is 1.89 bits per heavy atom. The van der Waals surface area contributed by atoms with E-state index < -0.39 is 12.1 Å². The fraction of sp³-hybridized carbons (Fsp3) is 0.238. The number of hydrogen-bond donors (Lipinski definition) is 2. The number of hydrogen-bond acceptors (Lipinski definition) is 4. The van der Waals surface area contributed by atoms with Crippen LogP contribution < -0.4 is 10.1 Å². The molecule has 0 aliphatic carbocycles. The molecule has 2 N–H and O–H groups in total. The van der Waals surface area contributed by atoms with Crippen molar-refractivity contribution in [3.05, 3.63) is 71.3 Å². The van der Waals surface area contributed by atoms with Gasteiger partial charge in [0.15, 0.2) is 0 Å². The standard InChI is InChI=1S/C21H23NO5/c1-26-19-11-10-17(14-20(23)24)13-18(19)9-5-6-12-22-21(25)27-15-16-7-3-2-4-8-16/h2-5,7-11,13H,6,12,14-15H2,1H3,(H,22,25)(H,23,24). The Morgan fingerprint density at radius 1 is 1.11 bits per heavy atom. The van der Waals surface area contributed by atoms with E-state index in [0.29, 0.717) is 24.3 Å². The van der Waals surface area contributed by atoms with Crippen molar-refractivity contribution in [1.82, 2.24) is 5.32 Å². The molecule has 1 amide bonds. The molecular formula is C21H23NO5. The third-order valence-corrected chi connectivity index (χ3v) is 3.74. The zero-order valence-electron chi connectivity index (χ0n) is 15.2. The van der Waals surface area contributed by atoms with Crippen molar-refractivity contribution in [2.75, 3.05) is 13.7 Å². The Morgan fingerprint density at radius 3 is 2.59 bits per heavy atom. The summed E-state index contributed by atoms with van der Waals surface area (Å²) in [5.74, 6) is -0.219. The van der Waals surface area contributed by atoms with Crippen molar-refractivity contribution in [3.8, 4) is 5.75 Å². The second-order valence-electron chi connectivity index (χ2n) is 5.83. The monoisotopic (exact) mass is 369 g/mol. The van der Waals surface area contributed by atoms with E-state index in [-0.39, 0.29) is 13.0 Å². The number of nitrogens with one attached hydrogen (secondary N) is 1. The molecule has 0 saturated heterocycles. The summed E-state index contributed by atoms with van der Waals surface area (Å²) in [4.78, 5) is 22.5. The second kappa shape index (κ2) is 10.7. The lowest BCUT2D eigenvalue weighted by molar-refractivity contribution is -0.136. The van der Waals surface area contributed by atoms with E-state index >= 15 is 0 Å². The zero-order chi connectivity index (χ0) is 19.5. The molecule has 142 valence electrons. The van der Waals surface area contributed by atoms with E-state index in [2.05, 4.69) is 5.32 Å². The molecule has 2 aromatic carbocycles. The molecule has 6 heteroatoms. The van der Waals surface area contributed by atoms with Gasteiger partial charge in [0, 0.05) is 12.1 Å². The molecule has 0 spiro atoms. The lowest BCUT2D eigenvalue weighted by Gasteiger charge is -2.07. The van der Waals surface area contributed by atoms with E-state index in [1.54, 1.807) is 25.3 Å². The Bertz CT molecular complexity index is 786. The molecule has 0 saturated carbocycles. The normalized spacial score (nSPS) is 10.6. The van der Waals surface area contributed by atoms with Gasteiger partial charge < -0.3 is 19.9 Å². The number of amides is 1. The fourth-order valence-corrected chi connectivity index (χ4v) is 2.44. The van der Waals surface area contributed by atoms with E-state index in [0.717, 1.165) is 11.1 Å². The highest BCUT2D eigenvalue weighted by Gasteiger charge is 2.05. The Hall–Kier alpha value is -3.28. The van der Waals surface area contributed by atoms with Crippen molar-refractivity contribution < 1.29 is 24.2 Å². The van der Waals surface area contributed by atoms with Gasteiger partial charge in [-0.15, -0.1) is 0 Å². The summed E-state index contributed by atoms with van der Waals surface area (Å²) in [6, 6.07) is 14.7. The third-order valence-electron chi connectivity index (χ3n) is 3.74. The summed E-state index contributed by atoms with van der Waals surface area (Å²) < 4.78 is 10.4. The summed E-state index contributed by atoms with van der Waals surface area (Å²) in [6.07, 6.45) is 3.83. The van der Waals surface area contributed by atoms with Gasteiger partial charge >= 0.3 is 12.1 Å². The zero-order valence-corrected chi connectivity index (χ0v) is 15.2. The highest BCUT2D eigenvalue weighted by Crippen LogP contribution is 2.22. The van der Waals surface area contributed by atoms with Gasteiger partial charge in [-0.2, -0.15) is 0 Å². The molecular weight excluding hydrogens is 346 g/mol. The Balaban J connectivity index is 1.78. The van der Waals surface area contributed by atoms with Crippen LogP contribution in [0.4, 0.5) is 4.79 Å². The van der Waals surface area contributed by atoms with Crippen LogP contribution in [0.2, 0.25) is 0 Å². The SMILES string of the molecule is COc1ccc(CC(=O)O)cc1C=CCCNC(=O)OCc1ccccc1. The maximum absolute atomic E-state index is 11.7. The molecule has 27 heavy (non-hydrogen) atoms. The van der Waals surface area contributed by atoms with Crippen molar-refractivity contribution in [3.63, 3.8) is 0 Å². The van der Waals surface area contributed by atoms with Crippen molar-refractivity contribution in [2.45, 2.75) is 19.4 Å². The van der Waals surface area contributed by atoms with Crippen LogP contribution in [0, 0.1) is 0 Å². The minimum atomic E-state index is -0.881. The largest absolute Gasteiger partial charge is 0.496 e. The molecule has 0 radical (unpaired) electrons. The van der Waals surface area contributed by atoms with Gasteiger partial charge in [0.25, 0.3) is 0 Å². The predicted molar refractivity (Wildman–Crippen MR) is 103 cm³/mol. The first kappa shape index (κ1) is 20.0. The molecule has 0 aliphatic heterocycles. The van der Waals surface area contributed by atoms with Crippen LogP contribution in [0.15, 0.2) is 54.6 Å². The van der Waals surface area contributed by atoms with E-state index in [1.807, 2.05) is 42.5 Å². The molecule has 0 unspecified atom stereocenters. The van der Waals surface area contributed by atoms with E-state index in [4.69, 9.17) is 14.6 Å². The first-order chi connectivity index (χ1) is 13.1. The Kier molecular flexibility index (Phi) is 7.91. The molecule has 0 atom stereocenters. The number of benzene rings is 2. The van der Waals surface area contributed by atoms with Gasteiger partial charge in [-0.1, -0.05) is 48.6 Å². The van der Waals surface area contributed by atoms with E-state index in [9.17, 15) is 9.59 Å². The summed E-state index contributed by atoms with van der Waals surface area (Å²) in [5.41, 5.74) is 2.43. The maximum Gasteiger partial charge on any atom is 0.407 e. The predicted octanol–water partition coefficient (Wildman–Crippen LogP) is 3.65. The third kappa shape index (κ3) is 7.23. The van der Waals surface area contributed by atoms with Gasteiger partial charge in [0.2, 0.25) is 0 Å². The topological polar surface area (TPSA) is 84.9 Å². The van der Waals surface area contributed by atoms with E-state index in [1.165, 1.54) is 0 Å². The maximum atomic E-state index is 11.7. The molecule has 0 aliphatic rings. The van der Waals surface area contributed by atoms with Crippen LogP contribution in [0.5, 0.6) is 5.75 Å². The number of carbonyl (C=O) groups excluding carboxylic acids is 1. The second-order valence-corrected chi connectivity index (χ2v) is 5.83. The lowest BCUT2D eigenvalue weighted by atomic mass is 10.1. The van der Waals surface area contributed by atoms with Crippen LogP contribution in [0.25, 0.3) is 6.08 Å². The quantitative estimate of drug-likeness (QED) is 0.659.